The van der Waals surface area contributed by atoms with Gasteiger partial charge >= 0.3 is 0 Å². The lowest BCUT2D eigenvalue weighted by Crippen LogP contribution is -2.25. The van der Waals surface area contributed by atoms with Crippen LogP contribution in [0.4, 0.5) is 11.4 Å². The average molecular weight is 391 g/mol. The lowest BCUT2D eigenvalue weighted by Gasteiger charge is -2.12. The van der Waals surface area contributed by atoms with Crippen LogP contribution in [0, 0.1) is 17.0 Å². The van der Waals surface area contributed by atoms with E-state index in [1.54, 1.807) is 16.8 Å². The fourth-order valence-electron chi connectivity index (χ4n) is 3.09. The first-order valence-corrected chi connectivity index (χ1v) is 9.45. The topological polar surface area (TPSA) is 102 Å². The number of carbonyl (C=O) groups is 1. The maximum atomic E-state index is 12.2. The number of aromatic nitrogens is 2. The zero-order chi connectivity index (χ0) is 20.4. The van der Waals surface area contributed by atoms with Crippen LogP contribution in [0.25, 0.3) is 5.69 Å². The highest BCUT2D eigenvalue weighted by Gasteiger charge is 2.25. The summed E-state index contributed by atoms with van der Waals surface area (Å²) in [5.41, 5.74) is 3.28. The molecular weight excluding hydrogens is 370 g/mol. The van der Waals surface area contributed by atoms with E-state index in [4.69, 9.17) is 0 Å². The zero-order valence-corrected chi connectivity index (χ0v) is 16.0. The van der Waals surface area contributed by atoms with E-state index in [9.17, 15) is 14.9 Å². The SMILES string of the molecule is Cc1ccn(-c2ccccc2CNc2ccc(C(=O)NC3CC3)cc2[N+](=O)[O-])n1. The fraction of sp³-hybridized carbons (Fsp3) is 0.238. The highest BCUT2D eigenvalue weighted by molar-refractivity contribution is 5.96. The number of nitro benzene ring substituents is 1. The molecule has 8 nitrogen and oxygen atoms in total. The smallest absolute Gasteiger partial charge is 0.293 e. The molecule has 0 radical (unpaired) electrons. The Kier molecular flexibility index (Phi) is 4.99. The molecule has 1 amide bonds. The van der Waals surface area contributed by atoms with Crippen LogP contribution in [0.15, 0.2) is 54.7 Å². The Labute approximate surface area is 167 Å². The summed E-state index contributed by atoms with van der Waals surface area (Å²) in [5, 5.41) is 22.0. The molecule has 0 saturated heterocycles. The second-order valence-corrected chi connectivity index (χ2v) is 7.12. The number of nitrogens with zero attached hydrogens (tertiary/aromatic N) is 3. The molecule has 0 bridgehead atoms. The number of carbonyl (C=O) groups excluding carboxylic acids is 1. The van der Waals surface area contributed by atoms with Crippen molar-refractivity contribution in [2.75, 3.05) is 5.32 Å². The van der Waals surface area contributed by atoms with E-state index < -0.39 is 4.92 Å². The van der Waals surface area contributed by atoms with Crippen LogP contribution < -0.4 is 10.6 Å². The summed E-state index contributed by atoms with van der Waals surface area (Å²) in [5.74, 6) is -0.276. The highest BCUT2D eigenvalue weighted by Crippen LogP contribution is 2.28. The molecule has 1 saturated carbocycles. The van der Waals surface area contributed by atoms with E-state index in [2.05, 4.69) is 15.7 Å². The van der Waals surface area contributed by atoms with Crippen LogP contribution in [0.3, 0.4) is 0 Å². The molecule has 2 N–H and O–H groups in total. The third kappa shape index (κ3) is 4.26. The summed E-state index contributed by atoms with van der Waals surface area (Å²) in [4.78, 5) is 23.3. The number of nitrogens with one attached hydrogen (secondary N) is 2. The minimum atomic E-state index is -0.473. The van der Waals surface area contributed by atoms with Crippen LogP contribution in [0.1, 0.15) is 34.5 Å². The average Bonchev–Trinajstić information content (AvgIpc) is 3.43. The summed E-state index contributed by atoms with van der Waals surface area (Å²) in [6.45, 7) is 2.30. The molecule has 4 rings (SSSR count). The van der Waals surface area contributed by atoms with Gasteiger partial charge < -0.3 is 10.6 Å². The predicted octanol–water partition coefficient (Wildman–Crippen LogP) is 3.59. The quantitative estimate of drug-likeness (QED) is 0.473. The Bertz CT molecular complexity index is 1070. The number of anilines is 1. The molecule has 3 aromatic rings. The fourth-order valence-corrected chi connectivity index (χ4v) is 3.09. The van der Waals surface area contributed by atoms with Crippen LogP contribution in [0.2, 0.25) is 0 Å². The summed E-state index contributed by atoms with van der Waals surface area (Å²) in [6.07, 6.45) is 3.80. The van der Waals surface area contributed by atoms with Gasteiger partial charge in [-0.1, -0.05) is 18.2 Å². The number of para-hydroxylation sites is 1. The van der Waals surface area contributed by atoms with Gasteiger partial charge in [0.15, 0.2) is 0 Å². The first-order valence-electron chi connectivity index (χ1n) is 9.45. The molecule has 29 heavy (non-hydrogen) atoms. The van der Waals surface area contributed by atoms with E-state index >= 15 is 0 Å². The number of hydrogen-bond acceptors (Lipinski definition) is 5. The number of hydrogen-bond donors (Lipinski definition) is 2. The lowest BCUT2D eigenvalue weighted by molar-refractivity contribution is -0.384. The molecule has 1 aliphatic carbocycles. The molecular formula is C21H21N5O3. The Hall–Kier alpha value is -3.68. The van der Waals surface area contributed by atoms with Crippen molar-refractivity contribution in [1.29, 1.82) is 0 Å². The maximum Gasteiger partial charge on any atom is 0.293 e. The standard InChI is InChI=1S/C21H21N5O3/c1-14-10-11-25(24-14)19-5-3-2-4-16(19)13-22-18-9-6-15(12-20(18)26(28)29)21(27)23-17-7-8-17/h2-6,9-12,17,22H,7-8,13H2,1H3,(H,23,27). The molecule has 1 aromatic heterocycles. The van der Waals surface area contributed by atoms with E-state index in [0.29, 0.717) is 17.8 Å². The van der Waals surface area contributed by atoms with Crippen molar-refractivity contribution in [2.45, 2.75) is 32.4 Å². The molecule has 0 atom stereocenters. The first-order chi connectivity index (χ1) is 14.0. The number of amides is 1. The number of benzene rings is 2. The number of aryl methyl sites for hydroxylation is 1. The van der Waals surface area contributed by atoms with Crippen molar-refractivity contribution in [3.63, 3.8) is 0 Å². The Morgan fingerprint density at radius 1 is 1.24 bits per heavy atom. The van der Waals surface area contributed by atoms with Crippen LogP contribution in [0.5, 0.6) is 0 Å². The number of rotatable bonds is 7. The first kappa shape index (κ1) is 18.7. The third-order valence-electron chi connectivity index (χ3n) is 4.80. The van der Waals surface area contributed by atoms with Crippen molar-refractivity contribution in [1.82, 2.24) is 15.1 Å². The monoisotopic (exact) mass is 391 g/mol. The van der Waals surface area contributed by atoms with Gasteiger partial charge in [0.05, 0.1) is 16.3 Å². The van der Waals surface area contributed by atoms with E-state index in [-0.39, 0.29) is 17.6 Å². The summed E-state index contributed by atoms with van der Waals surface area (Å²) in [6, 6.07) is 14.4. The van der Waals surface area contributed by atoms with Gasteiger partial charge in [0.25, 0.3) is 11.6 Å². The van der Waals surface area contributed by atoms with Crippen LogP contribution in [-0.4, -0.2) is 26.7 Å². The van der Waals surface area contributed by atoms with Crippen molar-refractivity contribution in [3.8, 4) is 5.69 Å². The van der Waals surface area contributed by atoms with Gasteiger partial charge in [0.1, 0.15) is 5.69 Å². The summed E-state index contributed by atoms with van der Waals surface area (Å²) in [7, 11) is 0. The maximum absolute atomic E-state index is 12.2. The van der Waals surface area contributed by atoms with Crippen LogP contribution in [-0.2, 0) is 6.54 Å². The molecule has 1 fully saturated rings. The summed E-state index contributed by atoms with van der Waals surface area (Å²) >= 11 is 0. The second-order valence-electron chi connectivity index (χ2n) is 7.12. The molecule has 0 unspecified atom stereocenters. The van der Waals surface area contributed by atoms with Gasteiger partial charge in [-0.25, -0.2) is 4.68 Å². The molecule has 2 aromatic carbocycles. The van der Waals surface area contributed by atoms with E-state index in [1.165, 1.54) is 6.07 Å². The molecule has 0 aliphatic heterocycles. The molecule has 0 spiro atoms. The lowest BCUT2D eigenvalue weighted by atomic mass is 10.1. The predicted molar refractivity (Wildman–Crippen MR) is 109 cm³/mol. The van der Waals surface area contributed by atoms with Gasteiger partial charge in [0.2, 0.25) is 0 Å². The molecule has 148 valence electrons. The van der Waals surface area contributed by atoms with Crippen molar-refractivity contribution < 1.29 is 9.72 Å². The highest BCUT2D eigenvalue weighted by atomic mass is 16.6. The van der Waals surface area contributed by atoms with E-state index in [1.807, 2.05) is 43.5 Å². The van der Waals surface area contributed by atoms with E-state index in [0.717, 1.165) is 29.8 Å². The van der Waals surface area contributed by atoms with Gasteiger partial charge in [-0.05, 0) is 49.6 Å². The zero-order valence-electron chi connectivity index (χ0n) is 16.0. The Morgan fingerprint density at radius 3 is 2.72 bits per heavy atom. The van der Waals surface area contributed by atoms with Gasteiger partial charge in [-0.3, -0.25) is 14.9 Å². The van der Waals surface area contributed by atoms with Crippen molar-refractivity contribution >= 4 is 17.3 Å². The van der Waals surface area contributed by atoms with Gasteiger partial charge in [-0.2, -0.15) is 5.10 Å². The Balaban J connectivity index is 1.55. The van der Waals surface area contributed by atoms with Crippen molar-refractivity contribution in [3.05, 3.63) is 81.7 Å². The minimum Gasteiger partial charge on any atom is -0.375 e. The molecule has 1 heterocycles. The molecule has 8 heteroatoms. The molecule has 1 aliphatic rings. The van der Waals surface area contributed by atoms with Gasteiger partial charge in [-0.15, -0.1) is 0 Å². The Morgan fingerprint density at radius 2 is 2.03 bits per heavy atom. The summed E-state index contributed by atoms with van der Waals surface area (Å²) < 4.78 is 1.78. The largest absolute Gasteiger partial charge is 0.375 e. The van der Waals surface area contributed by atoms with Crippen molar-refractivity contribution in [2.24, 2.45) is 0 Å². The second kappa shape index (κ2) is 7.75. The minimum absolute atomic E-state index is 0.124. The number of nitro groups is 1. The normalized spacial score (nSPS) is 13.1. The van der Waals surface area contributed by atoms with Gasteiger partial charge in [0, 0.05) is 30.4 Å². The third-order valence-corrected chi connectivity index (χ3v) is 4.80. The van der Waals surface area contributed by atoms with Crippen LogP contribution >= 0.6 is 0 Å².